The molecule has 1 aromatic heterocycles. The summed E-state index contributed by atoms with van der Waals surface area (Å²) in [5.41, 5.74) is 4.28. The molecule has 5 heteroatoms. The first-order chi connectivity index (χ1) is 10.6. The third-order valence-electron chi connectivity index (χ3n) is 4.43. The zero-order valence-corrected chi connectivity index (χ0v) is 12.6. The van der Waals surface area contributed by atoms with Crippen molar-refractivity contribution >= 4 is 16.9 Å². The SMILES string of the molecule is COC(=O)CC(O)C(O)c1ccc2[nH]c3c(c2c1)CCCC3. The van der Waals surface area contributed by atoms with Crippen LogP contribution in [0, 0.1) is 0 Å². The van der Waals surface area contributed by atoms with Gasteiger partial charge < -0.3 is 19.9 Å². The number of aryl methyl sites for hydroxylation is 2. The smallest absolute Gasteiger partial charge is 0.308 e. The third-order valence-corrected chi connectivity index (χ3v) is 4.43. The van der Waals surface area contributed by atoms with Gasteiger partial charge in [0, 0.05) is 16.6 Å². The number of aromatic amines is 1. The van der Waals surface area contributed by atoms with E-state index in [0.29, 0.717) is 5.56 Å². The Morgan fingerprint density at radius 2 is 2.09 bits per heavy atom. The highest BCUT2D eigenvalue weighted by Gasteiger charge is 2.23. The molecule has 0 bridgehead atoms. The summed E-state index contributed by atoms with van der Waals surface area (Å²) in [5, 5.41) is 21.3. The summed E-state index contributed by atoms with van der Waals surface area (Å²) in [5.74, 6) is -0.536. The second-order valence-corrected chi connectivity index (χ2v) is 5.89. The fraction of sp³-hybridized carbons (Fsp3) is 0.471. The van der Waals surface area contributed by atoms with Crippen LogP contribution in [0.3, 0.4) is 0 Å². The highest BCUT2D eigenvalue weighted by Crippen LogP contribution is 2.31. The Kier molecular flexibility index (Phi) is 4.18. The second-order valence-electron chi connectivity index (χ2n) is 5.89. The number of aromatic nitrogens is 1. The number of benzene rings is 1. The van der Waals surface area contributed by atoms with Gasteiger partial charge in [-0.05, 0) is 48.9 Å². The highest BCUT2D eigenvalue weighted by atomic mass is 16.5. The van der Waals surface area contributed by atoms with E-state index in [1.807, 2.05) is 12.1 Å². The number of H-pyrrole nitrogens is 1. The number of methoxy groups -OCH3 is 1. The molecule has 2 unspecified atom stereocenters. The summed E-state index contributed by atoms with van der Waals surface area (Å²) in [4.78, 5) is 14.7. The molecule has 0 spiro atoms. The number of fused-ring (bicyclic) bond motifs is 3. The molecule has 1 aliphatic carbocycles. The largest absolute Gasteiger partial charge is 0.469 e. The van der Waals surface area contributed by atoms with Crippen molar-refractivity contribution in [1.82, 2.24) is 4.98 Å². The van der Waals surface area contributed by atoms with Crippen molar-refractivity contribution in [3.63, 3.8) is 0 Å². The van der Waals surface area contributed by atoms with Crippen LogP contribution < -0.4 is 0 Å². The lowest BCUT2D eigenvalue weighted by atomic mass is 9.94. The molecule has 0 amide bonds. The minimum atomic E-state index is -1.17. The van der Waals surface area contributed by atoms with Gasteiger partial charge in [-0.15, -0.1) is 0 Å². The van der Waals surface area contributed by atoms with E-state index in [-0.39, 0.29) is 6.42 Å². The second kappa shape index (κ2) is 6.10. The molecule has 22 heavy (non-hydrogen) atoms. The van der Waals surface area contributed by atoms with E-state index in [9.17, 15) is 15.0 Å². The van der Waals surface area contributed by atoms with E-state index in [0.717, 1.165) is 23.7 Å². The van der Waals surface area contributed by atoms with Gasteiger partial charge in [-0.25, -0.2) is 0 Å². The fourth-order valence-electron chi connectivity index (χ4n) is 3.20. The summed E-state index contributed by atoms with van der Waals surface area (Å²) in [6, 6.07) is 5.63. The summed E-state index contributed by atoms with van der Waals surface area (Å²) in [6.45, 7) is 0. The van der Waals surface area contributed by atoms with Crippen LogP contribution in [-0.4, -0.2) is 34.4 Å². The molecule has 0 saturated carbocycles. The molecule has 0 aliphatic heterocycles. The van der Waals surface area contributed by atoms with E-state index < -0.39 is 18.2 Å². The van der Waals surface area contributed by atoms with Crippen LogP contribution in [0.5, 0.6) is 0 Å². The number of ether oxygens (including phenoxy) is 1. The Morgan fingerprint density at radius 3 is 2.86 bits per heavy atom. The molecule has 1 aliphatic rings. The minimum absolute atomic E-state index is 0.221. The molecule has 118 valence electrons. The number of hydrogen-bond acceptors (Lipinski definition) is 4. The van der Waals surface area contributed by atoms with Gasteiger partial charge in [-0.3, -0.25) is 4.79 Å². The van der Waals surface area contributed by atoms with Gasteiger partial charge in [-0.1, -0.05) is 6.07 Å². The third kappa shape index (κ3) is 2.74. The number of esters is 1. The number of aliphatic hydroxyl groups is 2. The average Bonchev–Trinajstić information content (AvgIpc) is 2.91. The van der Waals surface area contributed by atoms with E-state index in [2.05, 4.69) is 9.72 Å². The number of nitrogens with one attached hydrogen (secondary N) is 1. The Morgan fingerprint density at radius 1 is 1.32 bits per heavy atom. The molecule has 3 rings (SSSR count). The van der Waals surface area contributed by atoms with Crippen LogP contribution in [-0.2, 0) is 22.4 Å². The van der Waals surface area contributed by atoms with Gasteiger partial charge in [0.15, 0.2) is 0 Å². The normalized spacial score (nSPS) is 17.0. The topological polar surface area (TPSA) is 82.6 Å². The Balaban J connectivity index is 1.89. The van der Waals surface area contributed by atoms with Crippen LogP contribution in [0.4, 0.5) is 0 Å². The van der Waals surface area contributed by atoms with Crippen LogP contribution in [0.2, 0.25) is 0 Å². The van der Waals surface area contributed by atoms with Crippen molar-refractivity contribution in [3.05, 3.63) is 35.0 Å². The van der Waals surface area contributed by atoms with Crippen LogP contribution in [0.25, 0.3) is 10.9 Å². The summed E-state index contributed by atoms with van der Waals surface area (Å²) < 4.78 is 4.52. The number of hydrogen-bond donors (Lipinski definition) is 3. The zero-order valence-electron chi connectivity index (χ0n) is 12.6. The molecule has 3 N–H and O–H groups in total. The number of carbonyl (C=O) groups is 1. The summed E-state index contributed by atoms with van der Waals surface area (Å²) in [6.07, 6.45) is 2.00. The summed E-state index contributed by atoms with van der Waals surface area (Å²) in [7, 11) is 1.26. The van der Waals surface area contributed by atoms with Gasteiger partial charge in [0.1, 0.15) is 6.10 Å². The molecule has 0 saturated heterocycles. The predicted molar refractivity (Wildman–Crippen MR) is 82.5 cm³/mol. The first kappa shape index (κ1) is 15.1. The molecule has 5 nitrogen and oxygen atoms in total. The molecular formula is C17H21NO4. The molecule has 0 fully saturated rings. The fourth-order valence-corrected chi connectivity index (χ4v) is 3.20. The summed E-state index contributed by atoms with van der Waals surface area (Å²) >= 11 is 0. The first-order valence-electron chi connectivity index (χ1n) is 7.66. The van der Waals surface area contributed by atoms with E-state index in [1.54, 1.807) is 6.07 Å². The van der Waals surface area contributed by atoms with Crippen molar-refractivity contribution < 1.29 is 19.7 Å². The average molecular weight is 303 g/mol. The van der Waals surface area contributed by atoms with Gasteiger partial charge in [0.2, 0.25) is 0 Å². The van der Waals surface area contributed by atoms with Gasteiger partial charge in [0.05, 0.1) is 19.6 Å². The molecule has 1 aromatic carbocycles. The van der Waals surface area contributed by atoms with Crippen molar-refractivity contribution in [2.24, 2.45) is 0 Å². The van der Waals surface area contributed by atoms with E-state index >= 15 is 0 Å². The van der Waals surface area contributed by atoms with Crippen LogP contribution in [0.1, 0.15) is 42.2 Å². The maximum Gasteiger partial charge on any atom is 0.308 e. The van der Waals surface area contributed by atoms with Gasteiger partial charge in [-0.2, -0.15) is 0 Å². The highest BCUT2D eigenvalue weighted by molar-refractivity contribution is 5.85. The number of carbonyl (C=O) groups excluding carboxylic acids is 1. The Hall–Kier alpha value is -1.85. The van der Waals surface area contributed by atoms with Crippen molar-refractivity contribution in [3.8, 4) is 0 Å². The molecule has 2 aromatic rings. The van der Waals surface area contributed by atoms with Crippen molar-refractivity contribution in [2.45, 2.75) is 44.3 Å². The molecular weight excluding hydrogens is 282 g/mol. The zero-order chi connectivity index (χ0) is 15.7. The lowest BCUT2D eigenvalue weighted by Crippen LogP contribution is -2.22. The van der Waals surface area contributed by atoms with Crippen LogP contribution >= 0.6 is 0 Å². The monoisotopic (exact) mass is 303 g/mol. The predicted octanol–water partition coefficient (Wildman–Crippen LogP) is 2.00. The van der Waals surface area contributed by atoms with E-state index in [4.69, 9.17) is 0 Å². The standard InChI is InChI=1S/C17H21NO4/c1-22-16(20)9-15(19)17(21)10-6-7-14-12(8-10)11-4-2-3-5-13(11)18-14/h6-8,15,17-19,21H,2-5,9H2,1H3. The number of aliphatic hydroxyl groups excluding tert-OH is 2. The Labute approximate surface area is 128 Å². The quantitative estimate of drug-likeness (QED) is 0.755. The molecule has 2 atom stereocenters. The van der Waals surface area contributed by atoms with Crippen LogP contribution in [0.15, 0.2) is 18.2 Å². The maximum atomic E-state index is 11.2. The Bertz CT molecular complexity index is 691. The lowest BCUT2D eigenvalue weighted by Gasteiger charge is -2.17. The minimum Gasteiger partial charge on any atom is -0.469 e. The van der Waals surface area contributed by atoms with Gasteiger partial charge >= 0.3 is 5.97 Å². The first-order valence-corrected chi connectivity index (χ1v) is 7.66. The maximum absolute atomic E-state index is 11.2. The number of rotatable bonds is 4. The molecule has 0 radical (unpaired) electrons. The lowest BCUT2D eigenvalue weighted by molar-refractivity contribution is -0.144. The van der Waals surface area contributed by atoms with Gasteiger partial charge in [0.25, 0.3) is 0 Å². The van der Waals surface area contributed by atoms with Crippen molar-refractivity contribution in [2.75, 3.05) is 7.11 Å². The van der Waals surface area contributed by atoms with Crippen molar-refractivity contribution in [1.29, 1.82) is 0 Å². The molecule has 1 heterocycles. The van der Waals surface area contributed by atoms with E-state index in [1.165, 1.54) is 31.2 Å².